The van der Waals surface area contributed by atoms with Gasteiger partial charge in [0.1, 0.15) is 11.2 Å². The van der Waals surface area contributed by atoms with E-state index >= 15 is 0 Å². The molecular formula is C4H7NOS. The van der Waals surface area contributed by atoms with Gasteiger partial charge in [0.2, 0.25) is 0 Å². The maximum absolute atomic E-state index is 10.4. The first kappa shape index (κ1) is 5.15. The maximum Gasteiger partial charge on any atom is 0.129 e. The Kier molecular flexibility index (Phi) is 1.37. The summed E-state index contributed by atoms with van der Waals surface area (Å²) in [7, 11) is 0. The van der Waals surface area contributed by atoms with E-state index in [0.29, 0.717) is 5.75 Å². The molecule has 2 unspecified atom stereocenters. The second kappa shape index (κ2) is 1.86. The molecule has 0 radical (unpaired) electrons. The lowest BCUT2D eigenvalue weighted by molar-refractivity contribution is 0.603. The molecule has 1 rings (SSSR count). The number of rotatable bonds is 0. The molecule has 0 aromatic carbocycles. The van der Waals surface area contributed by atoms with E-state index in [-0.39, 0.29) is 6.04 Å². The predicted octanol–water partition coefficient (Wildman–Crippen LogP) is -0.410. The fraction of sp³-hybridized carbons (Fsp3) is 0.500. The van der Waals surface area contributed by atoms with Gasteiger partial charge in [0, 0.05) is 0 Å². The van der Waals surface area contributed by atoms with Crippen LogP contribution in [0.15, 0.2) is 11.5 Å². The van der Waals surface area contributed by atoms with Gasteiger partial charge in [-0.05, 0) is 17.3 Å². The van der Waals surface area contributed by atoms with Crippen LogP contribution < -0.4 is 5.73 Å². The molecule has 3 heteroatoms. The minimum absolute atomic E-state index is 0.0424. The first-order valence-electron chi connectivity index (χ1n) is 2.10. The van der Waals surface area contributed by atoms with Crippen molar-refractivity contribution in [2.75, 3.05) is 5.75 Å². The van der Waals surface area contributed by atoms with Gasteiger partial charge in [0.25, 0.3) is 0 Å². The third-order valence-electron chi connectivity index (χ3n) is 0.834. The highest BCUT2D eigenvalue weighted by atomic mass is 32.2. The standard InChI is InChI=1S/C4H7NOS/c5-4-1-2-7(6)3-4/h1-2,4H,3,5H2. The highest BCUT2D eigenvalue weighted by molar-refractivity contribution is 7.94. The summed E-state index contributed by atoms with van der Waals surface area (Å²) in [6, 6.07) is 0.0424. The summed E-state index contributed by atoms with van der Waals surface area (Å²) in [6.07, 6.45) is 1.77. The van der Waals surface area contributed by atoms with E-state index in [0.717, 1.165) is 0 Å². The van der Waals surface area contributed by atoms with Gasteiger partial charge in [-0.15, -0.1) is 0 Å². The molecule has 1 heterocycles. The predicted molar refractivity (Wildman–Crippen MR) is 30.1 cm³/mol. The summed E-state index contributed by atoms with van der Waals surface area (Å²) < 4.78 is 10.4. The summed E-state index contributed by atoms with van der Waals surface area (Å²) in [5.41, 5.74) is 5.35. The van der Waals surface area contributed by atoms with Crippen LogP contribution in [0.4, 0.5) is 0 Å². The van der Waals surface area contributed by atoms with E-state index < -0.39 is 11.2 Å². The molecule has 0 fully saturated rings. The first-order chi connectivity index (χ1) is 3.29. The molecule has 2 N–H and O–H groups in total. The van der Waals surface area contributed by atoms with Gasteiger partial charge in [-0.2, -0.15) is 0 Å². The average molecular weight is 117 g/mol. The monoisotopic (exact) mass is 117 g/mol. The zero-order chi connectivity index (χ0) is 5.28. The highest BCUT2D eigenvalue weighted by Crippen LogP contribution is 2.04. The SMILES string of the molecule is NC1C=C[S+]([O-])C1. The quantitative estimate of drug-likeness (QED) is 0.438. The molecule has 0 aromatic rings. The second-order valence-corrected chi connectivity index (χ2v) is 2.91. The maximum atomic E-state index is 10.4. The fourth-order valence-electron chi connectivity index (χ4n) is 0.489. The van der Waals surface area contributed by atoms with E-state index in [1.165, 1.54) is 0 Å². The fourth-order valence-corrected chi connectivity index (χ4v) is 1.47. The Balaban J connectivity index is 2.42. The van der Waals surface area contributed by atoms with Gasteiger partial charge in [-0.25, -0.2) is 0 Å². The Morgan fingerprint density at radius 2 is 2.57 bits per heavy atom. The molecule has 0 amide bonds. The molecule has 1 aliphatic heterocycles. The van der Waals surface area contributed by atoms with E-state index in [2.05, 4.69) is 0 Å². The van der Waals surface area contributed by atoms with Crippen LogP contribution >= 0.6 is 0 Å². The van der Waals surface area contributed by atoms with Crippen molar-refractivity contribution in [2.24, 2.45) is 5.73 Å². The Morgan fingerprint density at radius 3 is 2.71 bits per heavy atom. The zero-order valence-corrected chi connectivity index (χ0v) is 4.65. The number of nitrogens with two attached hydrogens (primary N) is 1. The van der Waals surface area contributed by atoms with Crippen LogP contribution in [0.25, 0.3) is 0 Å². The van der Waals surface area contributed by atoms with Gasteiger partial charge in [-0.1, -0.05) is 0 Å². The largest absolute Gasteiger partial charge is 0.612 e. The van der Waals surface area contributed by atoms with E-state index in [4.69, 9.17) is 5.73 Å². The van der Waals surface area contributed by atoms with Gasteiger partial charge >= 0.3 is 0 Å². The van der Waals surface area contributed by atoms with Crippen LogP contribution in [0.2, 0.25) is 0 Å². The van der Waals surface area contributed by atoms with E-state index in [1.807, 2.05) is 0 Å². The number of hydrogen-bond donors (Lipinski definition) is 1. The Bertz CT molecular complexity index is 83.7. The van der Waals surface area contributed by atoms with Crippen LogP contribution in [-0.2, 0) is 11.2 Å². The lowest BCUT2D eigenvalue weighted by Crippen LogP contribution is -2.20. The molecule has 0 aromatic heterocycles. The minimum Gasteiger partial charge on any atom is -0.612 e. The third-order valence-corrected chi connectivity index (χ3v) is 2.01. The van der Waals surface area contributed by atoms with Crippen molar-refractivity contribution in [2.45, 2.75) is 6.04 Å². The summed E-state index contributed by atoms with van der Waals surface area (Å²) in [4.78, 5) is 0. The Morgan fingerprint density at radius 1 is 1.86 bits per heavy atom. The molecule has 7 heavy (non-hydrogen) atoms. The molecule has 0 saturated carbocycles. The lowest BCUT2D eigenvalue weighted by Gasteiger charge is -1.97. The molecule has 0 saturated heterocycles. The zero-order valence-electron chi connectivity index (χ0n) is 3.83. The molecule has 2 nitrogen and oxygen atoms in total. The molecule has 40 valence electrons. The third kappa shape index (κ3) is 1.19. The van der Waals surface area contributed by atoms with Crippen molar-refractivity contribution in [1.29, 1.82) is 0 Å². The molecular weight excluding hydrogens is 110 g/mol. The minimum atomic E-state index is -0.758. The summed E-state index contributed by atoms with van der Waals surface area (Å²) >= 11 is -0.758. The summed E-state index contributed by atoms with van der Waals surface area (Å²) in [5.74, 6) is 0.611. The van der Waals surface area contributed by atoms with Crippen molar-refractivity contribution in [3.63, 3.8) is 0 Å². The molecule has 0 spiro atoms. The van der Waals surface area contributed by atoms with Crippen LogP contribution in [0, 0.1) is 0 Å². The number of hydrogen-bond acceptors (Lipinski definition) is 2. The molecule has 0 bridgehead atoms. The van der Waals surface area contributed by atoms with Crippen LogP contribution in [0.5, 0.6) is 0 Å². The van der Waals surface area contributed by atoms with Crippen LogP contribution in [-0.4, -0.2) is 16.3 Å². The highest BCUT2D eigenvalue weighted by Gasteiger charge is 2.14. The Labute approximate surface area is 45.6 Å². The Hall–Kier alpha value is 0.01000. The van der Waals surface area contributed by atoms with Crippen molar-refractivity contribution in [3.05, 3.63) is 11.5 Å². The summed E-state index contributed by atoms with van der Waals surface area (Å²) in [6.45, 7) is 0. The van der Waals surface area contributed by atoms with Crippen molar-refractivity contribution in [1.82, 2.24) is 0 Å². The topological polar surface area (TPSA) is 49.1 Å². The summed E-state index contributed by atoms with van der Waals surface area (Å²) in [5, 5.41) is 1.64. The molecule has 2 atom stereocenters. The van der Waals surface area contributed by atoms with Crippen LogP contribution in [0.1, 0.15) is 0 Å². The van der Waals surface area contributed by atoms with Crippen molar-refractivity contribution < 1.29 is 4.55 Å². The van der Waals surface area contributed by atoms with Gasteiger partial charge in [0.05, 0.1) is 6.04 Å². The molecule has 0 aliphatic carbocycles. The van der Waals surface area contributed by atoms with Gasteiger partial charge < -0.3 is 10.3 Å². The smallest absolute Gasteiger partial charge is 0.129 e. The lowest BCUT2D eigenvalue weighted by atomic mass is 10.4. The van der Waals surface area contributed by atoms with Crippen molar-refractivity contribution in [3.8, 4) is 0 Å². The van der Waals surface area contributed by atoms with Crippen molar-refractivity contribution >= 4 is 11.2 Å². The first-order valence-corrected chi connectivity index (χ1v) is 3.48. The normalized spacial score (nSPS) is 39.7. The second-order valence-electron chi connectivity index (χ2n) is 1.54. The van der Waals surface area contributed by atoms with Gasteiger partial charge in [0.15, 0.2) is 0 Å². The van der Waals surface area contributed by atoms with E-state index in [9.17, 15) is 4.55 Å². The van der Waals surface area contributed by atoms with E-state index in [1.54, 1.807) is 11.5 Å². The molecule has 1 aliphatic rings. The van der Waals surface area contributed by atoms with Gasteiger partial charge in [-0.3, -0.25) is 0 Å². The van der Waals surface area contributed by atoms with Crippen LogP contribution in [0.3, 0.4) is 0 Å². The average Bonchev–Trinajstić information content (AvgIpc) is 1.87.